The highest BCUT2D eigenvalue weighted by atomic mass is 16.1. The number of aromatic amines is 1. The van der Waals surface area contributed by atoms with E-state index in [1.54, 1.807) is 4.68 Å². The molecular weight excluding hydrogens is 208 g/mol. The van der Waals surface area contributed by atoms with Crippen molar-refractivity contribution in [2.45, 2.75) is 26.3 Å². The van der Waals surface area contributed by atoms with Crippen LogP contribution in [0.25, 0.3) is 11.2 Å². The van der Waals surface area contributed by atoms with E-state index in [2.05, 4.69) is 20.3 Å². The molecule has 2 rings (SSSR count). The van der Waals surface area contributed by atoms with Crippen LogP contribution in [0.1, 0.15) is 19.2 Å². The average molecular weight is 222 g/mol. The average Bonchev–Trinajstić information content (AvgIpc) is 2.63. The maximum atomic E-state index is 11.6. The third-order valence-electron chi connectivity index (χ3n) is 2.24. The molecule has 0 fully saturated rings. The molecule has 2 heterocycles. The van der Waals surface area contributed by atoms with Gasteiger partial charge in [0.2, 0.25) is 0 Å². The molecule has 0 aliphatic heterocycles. The summed E-state index contributed by atoms with van der Waals surface area (Å²) in [6.07, 6.45) is 1.46. The van der Waals surface area contributed by atoms with Gasteiger partial charge in [-0.15, -0.1) is 5.10 Å². The van der Waals surface area contributed by atoms with Crippen molar-refractivity contribution in [1.29, 1.82) is 0 Å². The van der Waals surface area contributed by atoms with Crippen LogP contribution in [0.4, 0.5) is 0 Å². The summed E-state index contributed by atoms with van der Waals surface area (Å²) in [5.74, 6) is 0.583. The standard InChI is InChI=1S/C9H14N6O/c1-2-5-15-8-7(13-14-15)9(16)12-6(11-8)3-4-10/h2-5,10H2,1H3,(H,11,12,16). The Bertz CT molecular complexity index is 542. The first-order chi connectivity index (χ1) is 7.76. The fourth-order valence-corrected chi connectivity index (χ4v) is 1.53. The number of nitrogens with one attached hydrogen (secondary N) is 1. The van der Waals surface area contributed by atoms with E-state index in [0.29, 0.717) is 31.0 Å². The summed E-state index contributed by atoms with van der Waals surface area (Å²) in [5, 5.41) is 7.71. The van der Waals surface area contributed by atoms with Gasteiger partial charge in [0, 0.05) is 13.0 Å². The predicted octanol–water partition coefficient (Wildman–Crippen LogP) is -0.574. The highest BCUT2D eigenvalue weighted by molar-refractivity contribution is 5.67. The molecule has 0 aromatic carbocycles. The van der Waals surface area contributed by atoms with Crippen molar-refractivity contribution in [1.82, 2.24) is 25.0 Å². The van der Waals surface area contributed by atoms with Crippen molar-refractivity contribution in [2.24, 2.45) is 5.73 Å². The Morgan fingerprint density at radius 2 is 2.31 bits per heavy atom. The zero-order valence-electron chi connectivity index (χ0n) is 9.10. The zero-order chi connectivity index (χ0) is 11.5. The largest absolute Gasteiger partial charge is 0.330 e. The summed E-state index contributed by atoms with van der Waals surface area (Å²) < 4.78 is 1.64. The monoisotopic (exact) mass is 222 g/mol. The summed E-state index contributed by atoms with van der Waals surface area (Å²) in [4.78, 5) is 18.6. The molecule has 0 amide bonds. The summed E-state index contributed by atoms with van der Waals surface area (Å²) in [6, 6.07) is 0. The van der Waals surface area contributed by atoms with E-state index in [4.69, 9.17) is 5.73 Å². The first-order valence-corrected chi connectivity index (χ1v) is 5.28. The molecule has 0 atom stereocenters. The molecule has 0 spiro atoms. The molecule has 0 bridgehead atoms. The van der Waals surface area contributed by atoms with Crippen molar-refractivity contribution >= 4 is 11.2 Å². The summed E-state index contributed by atoms with van der Waals surface area (Å²) in [6.45, 7) is 3.18. The molecule has 2 aromatic rings. The van der Waals surface area contributed by atoms with E-state index in [9.17, 15) is 4.79 Å². The Morgan fingerprint density at radius 3 is 3.00 bits per heavy atom. The van der Waals surface area contributed by atoms with Crippen molar-refractivity contribution in [3.05, 3.63) is 16.2 Å². The number of nitrogens with two attached hydrogens (primary N) is 1. The zero-order valence-corrected chi connectivity index (χ0v) is 9.10. The fraction of sp³-hybridized carbons (Fsp3) is 0.556. The normalized spacial score (nSPS) is 11.1. The van der Waals surface area contributed by atoms with E-state index < -0.39 is 0 Å². The Morgan fingerprint density at radius 1 is 1.50 bits per heavy atom. The first kappa shape index (κ1) is 10.7. The molecule has 86 valence electrons. The number of H-pyrrole nitrogens is 1. The van der Waals surface area contributed by atoms with Gasteiger partial charge in [0.25, 0.3) is 5.56 Å². The quantitative estimate of drug-likeness (QED) is 0.720. The van der Waals surface area contributed by atoms with E-state index >= 15 is 0 Å². The van der Waals surface area contributed by atoms with Gasteiger partial charge in [0.05, 0.1) is 0 Å². The van der Waals surface area contributed by atoms with Crippen molar-refractivity contribution < 1.29 is 0 Å². The minimum Gasteiger partial charge on any atom is -0.330 e. The van der Waals surface area contributed by atoms with Crippen LogP contribution in [0.5, 0.6) is 0 Å². The van der Waals surface area contributed by atoms with Gasteiger partial charge in [-0.1, -0.05) is 12.1 Å². The van der Waals surface area contributed by atoms with Gasteiger partial charge < -0.3 is 10.7 Å². The van der Waals surface area contributed by atoms with Crippen molar-refractivity contribution in [2.75, 3.05) is 6.54 Å². The van der Waals surface area contributed by atoms with Crippen LogP contribution in [0.15, 0.2) is 4.79 Å². The maximum absolute atomic E-state index is 11.6. The van der Waals surface area contributed by atoms with Gasteiger partial charge in [0.1, 0.15) is 5.82 Å². The van der Waals surface area contributed by atoms with E-state index in [-0.39, 0.29) is 11.1 Å². The van der Waals surface area contributed by atoms with Crippen LogP contribution in [0, 0.1) is 0 Å². The predicted molar refractivity (Wildman–Crippen MR) is 59.0 cm³/mol. The Labute approximate surface area is 91.7 Å². The number of aromatic nitrogens is 5. The first-order valence-electron chi connectivity index (χ1n) is 5.28. The molecular formula is C9H14N6O. The van der Waals surface area contributed by atoms with Crippen LogP contribution in [-0.2, 0) is 13.0 Å². The number of rotatable bonds is 4. The molecule has 7 nitrogen and oxygen atoms in total. The Balaban J connectivity index is 2.57. The van der Waals surface area contributed by atoms with E-state index in [1.807, 2.05) is 6.92 Å². The summed E-state index contributed by atoms with van der Waals surface area (Å²) >= 11 is 0. The lowest BCUT2D eigenvalue weighted by Crippen LogP contribution is -2.16. The number of fused-ring (bicyclic) bond motifs is 1. The van der Waals surface area contributed by atoms with Gasteiger partial charge >= 0.3 is 0 Å². The topological polar surface area (TPSA) is 102 Å². The van der Waals surface area contributed by atoms with E-state index in [0.717, 1.165) is 6.42 Å². The second-order valence-electron chi connectivity index (χ2n) is 3.54. The number of nitrogens with zero attached hydrogens (tertiary/aromatic N) is 4. The molecule has 0 saturated carbocycles. The van der Waals surface area contributed by atoms with Gasteiger partial charge in [-0.2, -0.15) is 0 Å². The minimum absolute atomic E-state index is 0.254. The molecule has 16 heavy (non-hydrogen) atoms. The van der Waals surface area contributed by atoms with Crippen LogP contribution in [0.3, 0.4) is 0 Å². The molecule has 2 aromatic heterocycles. The SMILES string of the molecule is CCCn1nnc2c(=O)[nH]c(CCN)nc21. The minimum atomic E-state index is -0.254. The number of aryl methyl sites for hydroxylation is 1. The molecule has 0 aliphatic carbocycles. The van der Waals surface area contributed by atoms with Crippen LogP contribution >= 0.6 is 0 Å². The van der Waals surface area contributed by atoms with Crippen LogP contribution in [0.2, 0.25) is 0 Å². The van der Waals surface area contributed by atoms with Gasteiger partial charge in [0.15, 0.2) is 11.2 Å². The second-order valence-corrected chi connectivity index (χ2v) is 3.54. The van der Waals surface area contributed by atoms with Crippen molar-refractivity contribution in [3.8, 4) is 0 Å². The number of hydrogen-bond acceptors (Lipinski definition) is 5. The summed E-state index contributed by atoms with van der Waals surface area (Å²) in [5.41, 5.74) is 6.00. The lowest BCUT2D eigenvalue weighted by molar-refractivity contribution is 0.590. The molecule has 0 saturated heterocycles. The lowest BCUT2D eigenvalue weighted by atomic mass is 10.4. The lowest BCUT2D eigenvalue weighted by Gasteiger charge is -2.00. The molecule has 3 N–H and O–H groups in total. The molecule has 7 heteroatoms. The third kappa shape index (κ3) is 1.81. The third-order valence-corrected chi connectivity index (χ3v) is 2.24. The molecule has 0 radical (unpaired) electrons. The Hall–Kier alpha value is -1.76. The van der Waals surface area contributed by atoms with Crippen LogP contribution in [-0.4, -0.2) is 31.5 Å². The second kappa shape index (κ2) is 4.40. The molecule has 0 aliphatic rings. The van der Waals surface area contributed by atoms with Crippen molar-refractivity contribution in [3.63, 3.8) is 0 Å². The van der Waals surface area contributed by atoms with Gasteiger partial charge in [-0.05, 0) is 13.0 Å². The van der Waals surface area contributed by atoms with Crippen LogP contribution < -0.4 is 11.3 Å². The fourth-order valence-electron chi connectivity index (χ4n) is 1.53. The highest BCUT2D eigenvalue weighted by Gasteiger charge is 2.10. The van der Waals surface area contributed by atoms with Gasteiger partial charge in [-0.25, -0.2) is 9.67 Å². The Kier molecular flexibility index (Phi) is 2.95. The summed E-state index contributed by atoms with van der Waals surface area (Å²) in [7, 11) is 0. The molecule has 0 unspecified atom stereocenters. The van der Waals surface area contributed by atoms with Gasteiger partial charge in [-0.3, -0.25) is 4.79 Å². The highest BCUT2D eigenvalue weighted by Crippen LogP contribution is 2.03. The maximum Gasteiger partial charge on any atom is 0.281 e. The van der Waals surface area contributed by atoms with E-state index in [1.165, 1.54) is 0 Å². The number of hydrogen-bond donors (Lipinski definition) is 2. The smallest absolute Gasteiger partial charge is 0.281 e.